The second-order valence-electron chi connectivity index (χ2n) is 7.81. The minimum absolute atomic E-state index is 0.0887. The number of furan rings is 1. The standard InChI is InChI=1S/C22H28FN3O5S/c1-16-15-17(23)7-8-20(16)32(29,30)26-13-3-2-5-18(26)9-11-24-21(27)22(28)25-12-10-19-6-4-14-31-19/h4,6-8,14-15,18H,2-3,5,9-13H2,1H3,(H,24,27)(H,25,28)/t18-/m1/s1. The van der Waals surface area contributed by atoms with Gasteiger partial charge in [-0.3, -0.25) is 9.59 Å². The average molecular weight is 466 g/mol. The Labute approximate surface area is 187 Å². The Kier molecular flexibility index (Phi) is 8.03. The molecule has 10 heteroatoms. The first-order valence-electron chi connectivity index (χ1n) is 10.7. The number of hydrogen-bond acceptors (Lipinski definition) is 5. The van der Waals surface area contributed by atoms with Gasteiger partial charge in [-0.15, -0.1) is 0 Å². The van der Waals surface area contributed by atoms with Crippen molar-refractivity contribution in [3.63, 3.8) is 0 Å². The van der Waals surface area contributed by atoms with Gasteiger partial charge in [0.1, 0.15) is 11.6 Å². The van der Waals surface area contributed by atoms with Crippen LogP contribution in [0.3, 0.4) is 0 Å². The summed E-state index contributed by atoms with van der Waals surface area (Å²) in [6, 6.07) is 6.86. The molecule has 174 valence electrons. The average Bonchev–Trinajstić information content (AvgIpc) is 3.27. The second kappa shape index (κ2) is 10.7. The summed E-state index contributed by atoms with van der Waals surface area (Å²) in [6.45, 7) is 2.37. The first kappa shape index (κ1) is 23.9. The number of carbonyl (C=O) groups excluding carboxylic acids is 2. The first-order valence-corrected chi connectivity index (χ1v) is 12.1. The number of nitrogens with one attached hydrogen (secondary N) is 2. The van der Waals surface area contributed by atoms with Crippen molar-refractivity contribution in [1.29, 1.82) is 0 Å². The van der Waals surface area contributed by atoms with E-state index in [1.54, 1.807) is 19.1 Å². The summed E-state index contributed by atoms with van der Waals surface area (Å²) < 4.78 is 46.4. The Morgan fingerprint density at radius 2 is 1.91 bits per heavy atom. The molecule has 2 N–H and O–H groups in total. The van der Waals surface area contributed by atoms with E-state index in [4.69, 9.17) is 4.42 Å². The molecular formula is C22H28FN3O5S. The number of sulfonamides is 1. The molecule has 0 aliphatic carbocycles. The van der Waals surface area contributed by atoms with Gasteiger partial charge in [0.05, 0.1) is 11.2 Å². The Hall–Kier alpha value is -2.72. The van der Waals surface area contributed by atoms with Gasteiger partial charge in [-0.25, -0.2) is 12.8 Å². The molecule has 2 amide bonds. The van der Waals surface area contributed by atoms with Crippen LogP contribution < -0.4 is 10.6 Å². The summed E-state index contributed by atoms with van der Waals surface area (Å²) in [4.78, 5) is 24.1. The molecule has 1 aliphatic rings. The van der Waals surface area contributed by atoms with Crippen LogP contribution in [0.15, 0.2) is 45.9 Å². The van der Waals surface area contributed by atoms with E-state index in [0.29, 0.717) is 37.1 Å². The van der Waals surface area contributed by atoms with Crippen LogP contribution in [0.25, 0.3) is 0 Å². The lowest BCUT2D eigenvalue weighted by Gasteiger charge is -2.35. The van der Waals surface area contributed by atoms with E-state index in [-0.39, 0.29) is 24.0 Å². The zero-order valence-corrected chi connectivity index (χ0v) is 18.8. The van der Waals surface area contributed by atoms with Crippen molar-refractivity contribution in [3.05, 3.63) is 53.7 Å². The third kappa shape index (κ3) is 5.95. The number of halogens is 1. The molecule has 8 nitrogen and oxygen atoms in total. The molecule has 1 aliphatic heterocycles. The molecule has 32 heavy (non-hydrogen) atoms. The number of benzene rings is 1. The molecule has 1 fully saturated rings. The van der Waals surface area contributed by atoms with Crippen molar-refractivity contribution in [1.82, 2.24) is 14.9 Å². The number of piperidine rings is 1. The Morgan fingerprint density at radius 1 is 1.16 bits per heavy atom. The van der Waals surface area contributed by atoms with Crippen LogP contribution in [-0.2, 0) is 26.0 Å². The number of carbonyl (C=O) groups is 2. The zero-order valence-electron chi connectivity index (χ0n) is 18.0. The van der Waals surface area contributed by atoms with Gasteiger partial charge < -0.3 is 15.1 Å². The van der Waals surface area contributed by atoms with Gasteiger partial charge in [0.2, 0.25) is 10.0 Å². The van der Waals surface area contributed by atoms with E-state index in [9.17, 15) is 22.4 Å². The fraction of sp³-hybridized carbons (Fsp3) is 0.455. The summed E-state index contributed by atoms with van der Waals surface area (Å²) in [5.74, 6) is -1.28. The van der Waals surface area contributed by atoms with Gasteiger partial charge in [0.25, 0.3) is 0 Å². The third-order valence-corrected chi connectivity index (χ3v) is 7.62. The molecule has 0 spiro atoms. The van der Waals surface area contributed by atoms with Gasteiger partial charge in [0.15, 0.2) is 0 Å². The maximum absolute atomic E-state index is 13.4. The summed E-state index contributed by atoms with van der Waals surface area (Å²) in [6.07, 6.45) is 4.66. The SMILES string of the molecule is Cc1cc(F)ccc1S(=O)(=O)N1CCCC[C@@H]1CCNC(=O)C(=O)NCCc1ccco1. The van der Waals surface area contributed by atoms with Crippen LogP contribution in [0.4, 0.5) is 4.39 Å². The van der Waals surface area contributed by atoms with E-state index in [2.05, 4.69) is 10.6 Å². The Balaban J connectivity index is 1.52. The number of amides is 2. The predicted octanol–water partition coefficient (Wildman–Crippen LogP) is 2.14. The highest BCUT2D eigenvalue weighted by Gasteiger charge is 2.34. The molecule has 1 atom stereocenters. The highest BCUT2D eigenvalue weighted by Crippen LogP contribution is 2.28. The molecule has 0 saturated carbocycles. The first-order chi connectivity index (χ1) is 15.3. The van der Waals surface area contributed by atoms with Crippen molar-refractivity contribution < 1.29 is 26.8 Å². The van der Waals surface area contributed by atoms with Crippen LogP contribution in [0.1, 0.15) is 37.0 Å². The van der Waals surface area contributed by atoms with Crippen molar-refractivity contribution in [2.24, 2.45) is 0 Å². The van der Waals surface area contributed by atoms with Crippen LogP contribution in [0.2, 0.25) is 0 Å². The number of rotatable bonds is 8. The summed E-state index contributed by atoms with van der Waals surface area (Å²) in [7, 11) is -3.79. The quantitative estimate of drug-likeness (QED) is 0.581. The lowest BCUT2D eigenvalue weighted by atomic mass is 10.0. The molecule has 1 aromatic carbocycles. The highest BCUT2D eigenvalue weighted by atomic mass is 32.2. The second-order valence-corrected chi connectivity index (χ2v) is 9.66. The Bertz CT molecular complexity index is 1040. The molecule has 0 unspecified atom stereocenters. The topological polar surface area (TPSA) is 109 Å². The van der Waals surface area contributed by atoms with Gasteiger partial charge in [0, 0.05) is 32.1 Å². The normalized spacial score (nSPS) is 17.1. The molecule has 0 radical (unpaired) electrons. The van der Waals surface area contributed by atoms with Crippen molar-refractivity contribution in [2.45, 2.75) is 50.0 Å². The van der Waals surface area contributed by atoms with E-state index in [0.717, 1.165) is 18.9 Å². The van der Waals surface area contributed by atoms with Gasteiger partial charge in [-0.05, 0) is 62.1 Å². The summed E-state index contributed by atoms with van der Waals surface area (Å²) >= 11 is 0. The number of aryl methyl sites for hydroxylation is 1. The van der Waals surface area contributed by atoms with E-state index in [1.807, 2.05) is 0 Å². The molecule has 2 heterocycles. The van der Waals surface area contributed by atoms with Gasteiger partial charge in [-0.2, -0.15) is 4.31 Å². The minimum Gasteiger partial charge on any atom is -0.469 e. The van der Waals surface area contributed by atoms with E-state index >= 15 is 0 Å². The van der Waals surface area contributed by atoms with Crippen LogP contribution in [0.5, 0.6) is 0 Å². The summed E-state index contributed by atoms with van der Waals surface area (Å²) in [5.41, 5.74) is 0.355. The van der Waals surface area contributed by atoms with Crippen molar-refractivity contribution in [3.8, 4) is 0 Å². The smallest absolute Gasteiger partial charge is 0.309 e. The Morgan fingerprint density at radius 3 is 2.59 bits per heavy atom. The molecular weight excluding hydrogens is 437 g/mol. The maximum atomic E-state index is 13.4. The minimum atomic E-state index is -3.79. The fourth-order valence-electron chi connectivity index (χ4n) is 3.87. The number of hydrogen-bond donors (Lipinski definition) is 2. The molecule has 0 bridgehead atoms. The van der Waals surface area contributed by atoms with Crippen molar-refractivity contribution in [2.75, 3.05) is 19.6 Å². The highest BCUT2D eigenvalue weighted by molar-refractivity contribution is 7.89. The largest absolute Gasteiger partial charge is 0.469 e. The lowest BCUT2D eigenvalue weighted by Crippen LogP contribution is -2.46. The fourth-order valence-corrected chi connectivity index (χ4v) is 5.81. The van der Waals surface area contributed by atoms with Crippen LogP contribution >= 0.6 is 0 Å². The molecule has 1 aromatic heterocycles. The van der Waals surface area contributed by atoms with Crippen molar-refractivity contribution >= 4 is 21.8 Å². The molecule has 2 aromatic rings. The van der Waals surface area contributed by atoms with E-state index in [1.165, 1.54) is 22.7 Å². The molecule has 1 saturated heterocycles. The third-order valence-electron chi connectivity index (χ3n) is 5.50. The zero-order chi connectivity index (χ0) is 23.1. The predicted molar refractivity (Wildman–Crippen MR) is 116 cm³/mol. The van der Waals surface area contributed by atoms with E-state index < -0.39 is 27.7 Å². The lowest BCUT2D eigenvalue weighted by molar-refractivity contribution is -0.139. The van der Waals surface area contributed by atoms with Gasteiger partial charge in [-0.1, -0.05) is 6.42 Å². The van der Waals surface area contributed by atoms with Crippen LogP contribution in [-0.4, -0.2) is 50.2 Å². The monoisotopic (exact) mass is 465 g/mol. The molecule has 3 rings (SSSR count). The maximum Gasteiger partial charge on any atom is 0.309 e. The summed E-state index contributed by atoms with van der Waals surface area (Å²) in [5, 5.41) is 5.09. The van der Waals surface area contributed by atoms with Crippen LogP contribution in [0, 0.1) is 12.7 Å². The number of nitrogens with zero attached hydrogens (tertiary/aromatic N) is 1. The van der Waals surface area contributed by atoms with Gasteiger partial charge >= 0.3 is 11.8 Å².